The van der Waals surface area contributed by atoms with Crippen molar-refractivity contribution in [2.45, 2.75) is 19.8 Å². The van der Waals surface area contributed by atoms with Crippen LogP contribution in [-0.2, 0) is 9.53 Å². The maximum absolute atomic E-state index is 12.3. The highest BCUT2D eigenvalue weighted by Gasteiger charge is 2.34. The summed E-state index contributed by atoms with van der Waals surface area (Å²) in [7, 11) is 0. The van der Waals surface area contributed by atoms with E-state index >= 15 is 0 Å². The number of esters is 1. The smallest absolute Gasteiger partial charge is 0.348 e. The highest BCUT2D eigenvalue weighted by molar-refractivity contribution is 6.21. The van der Waals surface area contributed by atoms with Gasteiger partial charge in [0.1, 0.15) is 24.0 Å². The number of fused-ring (bicyclic) bond motifs is 1. The van der Waals surface area contributed by atoms with Crippen molar-refractivity contribution >= 4 is 23.9 Å². The molecule has 0 saturated carbocycles. The molecule has 0 N–H and O–H groups in total. The first-order valence-corrected chi connectivity index (χ1v) is 10.0. The van der Waals surface area contributed by atoms with Crippen molar-refractivity contribution in [1.82, 2.24) is 4.90 Å². The average Bonchev–Trinajstić information content (AvgIpc) is 3.03. The second-order valence-electron chi connectivity index (χ2n) is 6.88. The Morgan fingerprint density at radius 1 is 1.03 bits per heavy atom. The fourth-order valence-electron chi connectivity index (χ4n) is 3.05. The van der Waals surface area contributed by atoms with Crippen molar-refractivity contribution in [3.8, 4) is 11.8 Å². The van der Waals surface area contributed by atoms with Gasteiger partial charge in [0.2, 0.25) is 0 Å². The molecule has 0 spiro atoms. The van der Waals surface area contributed by atoms with Crippen LogP contribution in [0.4, 0.5) is 0 Å². The Kier molecular flexibility index (Phi) is 7.17. The molecule has 2 amide bonds. The zero-order valence-electron chi connectivity index (χ0n) is 17.2. The molecule has 158 valence electrons. The van der Waals surface area contributed by atoms with Gasteiger partial charge in [-0.1, -0.05) is 37.6 Å². The van der Waals surface area contributed by atoms with Crippen LogP contribution in [0.3, 0.4) is 0 Å². The summed E-state index contributed by atoms with van der Waals surface area (Å²) in [6.07, 6.45) is 3.43. The van der Waals surface area contributed by atoms with Gasteiger partial charge in [-0.2, -0.15) is 5.26 Å². The minimum atomic E-state index is -0.817. The summed E-state index contributed by atoms with van der Waals surface area (Å²) in [5.74, 6) is -0.946. The van der Waals surface area contributed by atoms with E-state index in [-0.39, 0.29) is 18.7 Å². The molecule has 0 radical (unpaired) electrons. The molecule has 0 fully saturated rings. The third-order valence-electron chi connectivity index (χ3n) is 4.72. The molecule has 2 aromatic rings. The summed E-state index contributed by atoms with van der Waals surface area (Å²) in [5.41, 5.74) is 1.14. The monoisotopic (exact) mass is 418 g/mol. The highest BCUT2D eigenvalue weighted by atomic mass is 16.5. The van der Waals surface area contributed by atoms with E-state index in [9.17, 15) is 19.6 Å². The van der Waals surface area contributed by atoms with Crippen molar-refractivity contribution in [3.63, 3.8) is 0 Å². The van der Waals surface area contributed by atoms with Gasteiger partial charge in [0.15, 0.2) is 0 Å². The van der Waals surface area contributed by atoms with Gasteiger partial charge in [-0.3, -0.25) is 14.5 Å². The Morgan fingerprint density at radius 2 is 1.68 bits per heavy atom. The molecule has 1 aliphatic heterocycles. The number of carbonyl (C=O) groups excluding carboxylic acids is 3. The van der Waals surface area contributed by atoms with Gasteiger partial charge in [0.25, 0.3) is 11.8 Å². The normalized spacial score (nSPS) is 13.0. The zero-order chi connectivity index (χ0) is 22.2. The summed E-state index contributed by atoms with van der Waals surface area (Å²) in [6, 6.07) is 15.4. The molecule has 0 unspecified atom stereocenters. The Morgan fingerprint density at radius 3 is 2.26 bits per heavy atom. The summed E-state index contributed by atoms with van der Waals surface area (Å²) < 4.78 is 10.7. The number of hydrogen-bond donors (Lipinski definition) is 0. The number of ether oxygens (including phenoxy) is 2. The Bertz CT molecular complexity index is 1020. The van der Waals surface area contributed by atoms with E-state index in [2.05, 4.69) is 6.92 Å². The van der Waals surface area contributed by atoms with Crippen LogP contribution < -0.4 is 4.74 Å². The lowest BCUT2D eigenvalue weighted by molar-refractivity contribution is -0.138. The van der Waals surface area contributed by atoms with E-state index in [1.165, 1.54) is 6.08 Å². The van der Waals surface area contributed by atoms with Crippen LogP contribution in [0.1, 0.15) is 46.0 Å². The van der Waals surface area contributed by atoms with Crippen LogP contribution >= 0.6 is 0 Å². The first-order valence-electron chi connectivity index (χ1n) is 10.0. The van der Waals surface area contributed by atoms with E-state index in [4.69, 9.17) is 9.47 Å². The van der Waals surface area contributed by atoms with Crippen LogP contribution in [0.15, 0.2) is 54.1 Å². The average molecular weight is 418 g/mol. The van der Waals surface area contributed by atoms with Crippen LogP contribution in [0.25, 0.3) is 6.08 Å². The lowest BCUT2D eigenvalue weighted by Gasteiger charge is -2.13. The second-order valence-corrected chi connectivity index (χ2v) is 6.88. The highest BCUT2D eigenvalue weighted by Crippen LogP contribution is 2.22. The summed E-state index contributed by atoms with van der Waals surface area (Å²) in [6.45, 7) is 2.43. The molecule has 0 aromatic heterocycles. The minimum Gasteiger partial charge on any atom is -0.494 e. The number of nitriles is 1. The van der Waals surface area contributed by atoms with Crippen molar-refractivity contribution in [3.05, 3.63) is 70.8 Å². The molecule has 2 aromatic carbocycles. The Hall–Kier alpha value is -3.92. The van der Waals surface area contributed by atoms with Gasteiger partial charge in [-0.05, 0) is 42.3 Å². The molecule has 3 rings (SSSR count). The third kappa shape index (κ3) is 5.17. The number of imide groups is 1. The number of rotatable bonds is 9. The largest absolute Gasteiger partial charge is 0.494 e. The predicted molar refractivity (Wildman–Crippen MR) is 113 cm³/mol. The van der Waals surface area contributed by atoms with E-state index in [1.807, 2.05) is 6.07 Å². The maximum Gasteiger partial charge on any atom is 0.348 e. The molecule has 7 heteroatoms. The van der Waals surface area contributed by atoms with Crippen molar-refractivity contribution in [2.24, 2.45) is 0 Å². The van der Waals surface area contributed by atoms with Gasteiger partial charge in [0.05, 0.1) is 24.3 Å². The van der Waals surface area contributed by atoms with Crippen molar-refractivity contribution in [1.29, 1.82) is 5.26 Å². The molecule has 0 saturated heterocycles. The number of hydrogen-bond acceptors (Lipinski definition) is 6. The first kappa shape index (κ1) is 21.8. The van der Waals surface area contributed by atoms with Crippen molar-refractivity contribution in [2.75, 3.05) is 19.8 Å². The second kappa shape index (κ2) is 10.2. The molecule has 0 aliphatic carbocycles. The number of benzene rings is 2. The number of amides is 2. The van der Waals surface area contributed by atoms with Gasteiger partial charge < -0.3 is 9.47 Å². The Labute approximate surface area is 180 Å². The Balaban J connectivity index is 1.55. The molecule has 0 bridgehead atoms. The molecule has 1 heterocycles. The SMILES string of the molecule is CCCCOc1ccc(C=C(C#N)C(=O)OCCN2C(=O)c3ccccc3C2=O)cc1. The third-order valence-corrected chi connectivity index (χ3v) is 4.72. The lowest BCUT2D eigenvalue weighted by atomic mass is 10.1. The molecular weight excluding hydrogens is 396 g/mol. The van der Waals surface area contributed by atoms with Crippen LogP contribution in [0.2, 0.25) is 0 Å². The summed E-state index contributed by atoms with van der Waals surface area (Å²) in [5, 5.41) is 9.31. The fourth-order valence-corrected chi connectivity index (χ4v) is 3.05. The number of carbonyl (C=O) groups is 3. The minimum absolute atomic E-state index is 0.0827. The lowest BCUT2D eigenvalue weighted by Crippen LogP contribution is -2.33. The molecular formula is C24H22N2O5. The quantitative estimate of drug-likeness (QED) is 0.203. The topological polar surface area (TPSA) is 96.7 Å². The van der Waals surface area contributed by atoms with E-state index in [0.29, 0.717) is 29.0 Å². The molecule has 0 atom stereocenters. The number of unbranched alkanes of at least 4 members (excludes halogenated alkanes) is 1. The zero-order valence-corrected chi connectivity index (χ0v) is 17.2. The van der Waals surface area contributed by atoms with Crippen LogP contribution in [-0.4, -0.2) is 42.4 Å². The maximum atomic E-state index is 12.3. The standard InChI is InChI=1S/C24H22N2O5/c1-2-3-13-30-19-10-8-17(9-11-19)15-18(16-25)24(29)31-14-12-26-22(27)20-6-4-5-7-21(20)23(26)28/h4-11,15H,2-3,12-14H2,1H3. The fraction of sp³-hybridized carbons (Fsp3) is 0.250. The van der Waals surface area contributed by atoms with E-state index < -0.39 is 17.8 Å². The predicted octanol–water partition coefficient (Wildman–Crippen LogP) is 3.61. The van der Waals surface area contributed by atoms with Gasteiger partial charge in [-0.25, -0.2) is 4.79 Å². The molecule has 1 aliphatic rings. The molecule has 7 nitrogen and oxygen atoms in total. The van der Waals surface area contributed by atoms with Gasteiger partial charge in [-0.15, -0.1) is 0 Å². The van der Waals surface area contributed by atoms with Crippen molar-refractivity contribution < 1.29 is 23.9 Å². The first-order chi connectivity index (χ1) is 15.0. The van der Waals surface area contributed by atoms with Crippen LogP contribution in [0.5, 0.6) is 5.75 Å². The number of nitrogens with zero attached hydrogens (tertiary/aromatic N) is 2. The van der Waals surface area contributed by atoms with E-state index in [0.717, 1.165) is 17.7 Å². The van der Waals surface area contributed by atoms with E-state index in [1.54, 1.807) is 48.5 Å². The van der Waals surface area contributed by atoms with Gasteiger partial charge >= 0.3 is 5.97 Å². The van der Waals surface area contributed by atoms with Gasteiger partial charge in [0, 0.05) is 0 Å². The molecule has 31 heavy (non-hydrogen) atoms. The summed E-state index contributed by atoms with van der Waals surface area (Å²) >= 11 is 0. The summed E-state index contributed by atoms with van der Waals surface area (Å²) in [4.78, 5) is 37.9. The van der Waals surface area contributed by atoms with Crippen LogP contribution in [0, 0.1) is 11.3 Å².